The van der Waals surface area contributed by atoms with E-state index in [1.54, 1.807) is 13.8 Å². The van der Waals surface area contributed by atoms with Crippen molar-refractivity contribution >= 4 is 22.4 Å². The quantitative estimate of drug-likeness (QED) is 0.922. The van der Waals surface area contributed by atoms with Crippen LogP contribution in [0.2, 0.25) is 0 Å². The van der Waals surface area contributed by atoms with Crippen LogP contribution in [0.4, 0.5) is 9.52 Å². The number of carbonyl (C=O) groups excluding carboxylic acids is 1. The monoisotopic (exact) mass is 349 g/mol. The van der Waals surface area contributed by atoms with Crippen molar-refractivity contribution in [2.45, 2.75) is 32.4 Å². The zero-order valence-electron chi connectivity index (χ0n) is 13.9. The highest BCUT2D eigenvalue weighted by atomic mass is 32.1. The molecule has 0 unspecified atom stereocenters. The average molecular weight is 349 g/mol. The molecule has 1 N–H and O–H groups in total. The minimum absolute atomic E-state index is 0.286. The lowest BCUT2D eigenvalue weighted by Gasteiger charge is -2.24. The summed E-state index contributed by atoms with van der Waals surface area (Å²) in [5.74, 6) is -0.189. The molecule has 2 aromatic rings. The van der Waals surface area contributed by atoms with Crippen LogP contribution in [0.5, 0.6) is 5.75 Å². The second-order valence-corrected chi connectivity index (χ2v) is 7.48. The Hall–Kier alpha value is -1.99. The van der Waals surface area contributed by atoms with E-state index in [4.69, 9.17) is 4.74 Å². The van der Waals surface area contributed by atoms with E-state index in [0.29, 0.717) is 10.9 Å². The Morgan fingerprint density at radius 2 is 2.08 bits per heavy atom. The van der Waals surface area contributed by atoms with Crippen LogP contribution in [-0.2, 0) is 17.8 Å². The van der Waals surface area contributed by atoms with Crippen molar-refractivity contribution in [3.63, 3.8) is 0 Å². The molecule has 2 heterocycles. The fourth-order valence-corrected chi connectivity index (χ4v) is 3.55. The van der Waals surface area contributed by atoms with E-state index in [1.807, 2.05) is 0 Å². The molecule has 3 rings (SSSR count). The third-order valence-electron chi connectivity index (χ3n) is 3.88. The molecule has 0 saturated carbocycles. The van der Waals surface area contributed by atoms with Crippen LogP contribution in [-0.4, -0.2) is 35.0 Å². The number of hydrogen-bond acceptors (Lipinski definition) is 5. The zero-order valence-corrected chi connectivity index (χ0v) is 14.7. The normalized spacial score (nSPS) is 15.0. The average Bonchev–Trinajstić information content (AvgIpc) is 2.90. The molecule has 128 valence electrons. The summed E-state index contributed by atoms with van der Waals surface area (Å²) in [5.41, 5.74) is -0.0356. The number of aromatic nitrogens is 1. The molecule has 0 spiro atoms. The molecule has 1 aliphatic rings. The summed E-state index contributed by atoms with van der Waals surface area (Å²) < 4.78 is 18.7. The highest BCUT2D eigenvalue weighted by molar-refractivity contribution is 7.15. The van der Waals surface area contributed by atoms with Crippen molar-refractivity contribution in [2.75, 3.05) is 18.9 Å². The van der Waals surface area contributed by atoms with Crippen molar-refractivity contribution in [3.05, 3.63) is 40.7 Å². The Morgan fingerprint density at radius 1 is 1.38 bits per heavy atom. The third kappa shape index (κ3) is 3.73. The summed E-state index contributed by atoms with van der Waals surface area (Å²) in [6.45, 7) is 5.18. The maximum atomic E-state index is 13.0. The number of halogens is 1. The first-order valence-electron chi connectivity index (χ1n) is 7.76. The second kappa shape index (κ2) is 6.49. The first-order valence-corrected chi connectivity index (χ1v) is 8.58. The number of amides is 1. The predicted molar refractivity (Wildman–Crippen MR) is 91.9 cm³/mol. The standard InChI is InChI=1S/C17H20FN3O2S/c1-17(2,23-12-6-4-11(18)5-7-12)15(22)20-16-19-13-8-9-21(3)10-14(13)24-16/h4-7H,8-10H2,1-3H3,(H,19,20,22). The minimum Gasteiger partial charge on any atom is -0.478 e. The van der Waals surface area contributed by atoms with Gasteiger partial charge in [-0.05, 0) is 45.2 Å². The van der Waals surface area contributed by atoms with Gasteiger partial charge in [-0.3, -0.25) is 10.1 Å². The van der Waals surface area contributed by atoms with Gasteiger partial charge in [0.25, 0.3) is 5.91 Å². The van der Waals surface area contributed by atoms with Crippen molar-refractivity contribution in [2.24, 2.45) is 0 Å². The molecule has 1 aromatic heterocycles. The number of thiazole rings is 1. The highest BCUT2D eigenvalue weighted by Gasteiger charge is 2.31. The molecular formula is C17H20FN3O2S. The van der Waals surface area contributed by atoms with Crippen LogP contribution in [0.1, 0.15) is 24.4 Å². The van der Waals surface area contributed by atoms with Crippen LogP contribution in [0, 0.1) is 5.82 Å². The lowest BCUT2D eigenvalue weighted by atomic mass is 10.1. The largest absolute Gasteiger partial charge is 0.478 e. The summed E-state index contributed by atoms with van der Waals surface area (Å²) in [6, 6.07) is 5.61. The zero-order chi connectivity index (χ0) is 17.3. The van der Waals surface area contributed by atoms with Gasteiger partial charge in [-0.2, -0.15) is 0 Å². The van der Waals surface area contributed by atoms with Gasteiger partial charge in [0.2, 0.25) is 0 Å². The summed E-state index contributed by atoms with van der Waals surface area (Å²) in [5, 5.41) is 3.43. The fourth-order valence-electron chi connectivity index (χ4n) is 2.47. The molecular weight excluding hydrogens is 329 g/mol. The summed E-state index contributed by atoms with van der Waals surface area (Å²) in [4.78, 5) is 20.5. The van der Waals surface area contributed by atoms with Gasteiger partial charge in [0, 0.05) is 24.4 Å². The molecule has 7 heteroatoms. The summed E-state index contributed by atoms with van der Waals surface area (Å²) in [7, 11) is 2.07. The van der Waals surface area contributed by atoms with E-state index in [-0.39, 0.29) is 11.7 Å². The molecule has 1 aromatic carbocycles. The van der Waals surface area contributed by atoms with Gasteiger partial charge in [0.1, 0.15) is 11.6 Å². The number of fused-ring (bicyclic) bond motifs is 1. The molecule has 0 fully saturated rings. The number of likely N-dealkylation sites (N-methyl/N-ethyl adjacent to an activating group) is 1. The summed E-state index contributed by atoms with van der Waals surface area (Å²) in [6.07, 6.45) is 0.897. The second-order valence-electron chi connectivity index (χ2n) is 6.40. The Balaban J connectivity index is 1.68. The number of anilines is 1. The van der Waals surface area contributed by atoms with Gasteiger partial charge < -0.3 is 9.64 Å². The van der Waals surface area contributed by atoms with Gasteiger partial charge in [0.05, 0.1) is 5.69 Å². The van der Waals surface area contributed by atoms with E-state index in [2.05, 4.69) is 22.2 Å². The number of nitrogens with zero attached hydrogens (tertiary/aromatic N) is 2. The molecule has 1 amide bonds. The van der Waals surface area contributed by atoms with Crippen molar-refractivity contribution in [3.8, 4) is 5.75 Å². The number of ether oxygens (including phenoxy) is 1. The van der Waals surface area contributed by atoms with E-state index in [0.717, 1.165) is 25.2 Å². The highest BCUT2D eigenvalue weighted by Crippen LogP contribution is 2.28. The molecule has 0 atom stereocenters. The smallest absolute Gasteiger partial charge is 0.269 e. The molecule has 0 saturated heterocycles. The van der Waals surface area contributed by atoms with Gasteiger partial charge in [-0.1, -0.05) is 0 Å². The van der Waals surface area contributed by atoms with Crippen molar-refractivity contribution < 1.29 is 13.9 Å². The molecule has 24 heavy (non-hydrogen) atoms. The number of nitrogens with one attached hydrogen (secondary N) is 1. The third-order valence-corrected chi connectivity index (χ3v) is 4.87. The van der Waals surface area contributed by atoms with Crippen LogP contribution < -0.4 is 10.1 Å². The maximum Gasteiger partial charge on any atom is 0.269 e. The van der Waals surface area contributed by atoms with Gasteiger partial charge in [-0.25, -0.2) is 9.37 Å². The van der Waals surface area contributed by atoms with Gasteiger partial charge in [-0.15, -0.1) is 11.3 Å². The Labute approximate surface area is 144 Å². The van der Waals surface area contributed by atoms with Crippen molar-refractivity contribution in [1.29, 1.82) is 0 Å². The predicted octanol–water partition coefficient (Wildman–Crippen LogP) is 3.07. The van der Waals surface area contributed by atoms with Crippen LogP contribution in [0.3, 0.4) is 0 Å². The van der Waals surface area contributed by atoms with E-state index < -0.39 is 5.60 Å². The molecule has 1 aliphatic heterocycles. The fraction of sp³-hybridized carbons (Fsp3) is 0.412. The van der Waals surface area contributed by atoms with Gasteiger partial charge >= 0.3 is 0 Å². The topological polar surface area (TPSA) is 54.5 Å². The Bertz CT molecular complexity index is 743. The lowest BCUT2D eigenvalue weighted by molar-refractivity contribution is -0.128. The molecule has 0 bridgehead atoms. The van der Waals surface area contributed by atoms with E-state index in [9.17, 15) is 9.18 Å². The molecule has 5 nitrogen and oxygen atoms in total. The molecule has 0 aliphatic carbocycles. The van der Waals surface area contributed by atoms with E-state index >= 15 is 0 Å². The minimum atomic E-state index is -1.10. The van der Waals surface area contributed by atoms with Crippen LogP contribution >= 0.6 is 11.3 Å². The Morgan fingerprint density at radius 3 is 2.79 bits per heavy atom. The number of benzene rings is 1. The first-order chi connectivity index (χ1) is 11.3. The Kier molecular flexibility index (Phi) is 4.56. The maximum absolute atomic E-state index is 13.0. The number of rotatable bonds is 4. The number of carbonyl (C=O) groups is 1. The van der Waals surface area contributed by atoms with Gasteiger partial charge in [0.15, 0.2) is 10.7 Å². The van der Waals surface area contributed by atoms with Crippen LogP contribution in [0.25, 0.3) is 0 Å². The first kappa shape index (κ1) is 16.9. The van der Waals surface area contributed by atoms with Crippen molar-refractivity contribution in [1.82, 2.24) is 9.88 Å². The lowest BCUT2D eigenvalue weighted by Crippen LogP contribution is -2.42. The SMILES string of the molecule is CN1CCc2nc(NC(=O)C(C)(C)Oc3ccc(F)cc3)sc2C1. The summed E-state index contributed by atoms with van der Waals surface area (Å²) >= 11 is 1.50. The number of hydrogen-bond donors (Lipinski definition) is 1. The molecule has 0 radical (unpaired) electrons. The van der Waals surface area contributed by atoms with Crippen LogP contribution in [0.15, 0.2) is 24.3 Å². The van der Waals surface area contributed by atoms with E-state index in [1.165, 1.54) is 40.5 Å².